The van der Waals surface area contributed by atoms with Gasteiger partial charge in [0, 0.05) is 5.56 Å². The number of hydrogen-bond donors (Lipinski definition) is 1. The summed E-state index contributed by atoms with van der Waals surface area (Å²) in [7, 11) is 0. The number of benzene rings is 1. The van der Waals surface area contributed by atoms with Gasteiger partial charge in [0.2, 0.25) is 0 Å². The first-order valence-corrected chi connectivity index (χ1v) is 5.07. The molecule has 0 atom stereocenters. The first kappa shape index (κ1) is 9.03. The van der Waals surface area contributed by atoms with Crippen molar-refractivity contribution in [1.29, 1.82) is 0 Å². The Hall–Kier alpha value is -2.23. The highest BCUT2D eigenvalue weighted by Crippen LogP contribution is 2.22. The molecule has 3 aromatic rings. The lowest BCUT2D eigenvalue weighted by Crippen LogP contribution is -1.87. The van der Waals surface area contributed by atoms with E-state index >= 15 is 0 Å². The van der Waals surface area contributed by atoms with Crippen molar-refractivity contribution in [3.63, 3.8) is 0 Å². The molecule has 0 spiro atoms. The van der Waals surface area contributed by atoms with E-state index in [0.717, 1.165) is 22.6 Å². The van der Waals surface area contributed by atoms with Gasteiger partial charge in [-0.25, -0.2) is 15.0 Å². The number of nitrogens with zero attached hydrogens (tertiary/aromatic N) is 3. The van der Waals surface area contributed by atoms with Gasteiger partial charge in [-0.05, 0) is 6.92 Å². The van der Waals surface area contributed by atoms with E-state index in [0.29, 0.717) is 5.65 Å². The molecule has 0 aliphatic carbocycles. The zero-order valence-electron chi connectivity index (χ0n) is 8.81. The Labute approximate surface area is 92.4 Å². The molecular formula is C12H10N4. The predicted octanol–water partition coefficient (Wildman–Crippen LogP) is 2.33. The van der Waals surface area contributed by atoms with E-state index in [2.05, 4.69) is 19.9 Å². The number of aromatic amines is 1. The van der Waals surface area contributed by atoms with Crippen LogP contribution in [-0.2, 0) is 0 Å². The van der Waals surface area contributed by atoms with Gasteiger partial charge < -0.3 is 4.98 Å². The monoisotopic (exact) mass is 210 g/mol. The Morgan fingerprint density at radius 3 is 2.69 bits per heavy atom. The van der Waals surface area contributed by atoms with E-state index in [1.54, 1.807) is 6.33 Å². The van der Waals surface area contributed by atoms with Crippen molar-refractivity contribution in [2.45, 2.75) is 6.92 Å². The summed E-state index contributed by atoms with van der Waals surface area (Å²) in [5.41, 5.74) is 3.57. The molecule has 0 saturated heterocycles. The van der Waals surface area contributed by atoms with Gasteiger partial charge in [-0.2, -0.15) is 0 Å². The van der Waals surface area contributed by atoms with Crippen molar-refractivity contribution < 1.29 is 0 Å². The molecule has 1 N–H and O–H groups in total. The van der Waals surface area contributed by atoms with Crippen molar-refractivity contribution in [2.75, 3.05) is 0 Å². The Morgan fingerprint density at radius 2 is 1.88 bits per heavy atom. The summed E-state index contributed by atoms with van der Waals surface area (Å²) in [6.45, 7) is 1.91. The molecule has 2 heterocycles. The first-order valence-electron chi connectivity index (χ1n) is 5.07. The van der Waals surface area contributed by atoms with Crippen LogP contribution in [0, 0.1) is 6.92 Å². The third kappa shape index (κ3) is 1.35. The van der Waals surface area contributed by atoms with Crippen LogP contribution in [0.3, 0.4) is 0 Å². The third-order valence-corrected chi connectivity index (χ3v) is 2.45. The smallest absolute Gasteiger partial charge is 0.181 e. The molecule has 0 bridgehead atoms. The molecule has 3 rings (SSSR count). The zero-order valence-corrected chi connectivity index (χ0v) is 8.81. The summed E-state index contributed by atoms with van der Waals surface area (Å²) in [5, 5.41) is 0. The van der Waals surface area contributed by atoms with E-state index < -0.39 is 0 Å². The summed E-state index contributed by atoms with van der Waals surface area (Å²) in [6.07, 6.45) is 1.55. The van der Waals surface area contributed by atoms with Crippen LogP contribution in [0.4, 0.5) is 0 Å². The van der Waals surface area contributed by atoms with Crippen LogP contribution in [-0.4, -0.2) is 19.9 Å². The number of imidazole rings is 1. The summed E-state index contributed by atoms with van der Waals surface area (Å²) in [5.74, 6) is 0.854. The van der Waals surface area contributed by atoms with E-state index in [-0.39, 0.29) is 0 Å². The van der Waals surface area contributed by atoms with Crippen LogP contribution in [0.5, 0.6) is 0 Å². The Kier molecular flexibility index (Phi) is 1.93. The van der Waals surface area contributed by atoms with E-state index in [1.165, 1.54) is 0 Å². The van der Waals surface area contributed by atoms with Crippen molar-refractivity contribution in [3.8, 4) is 11.3 Å². The van der Waals surface area contributed by atoms with Gasteiger partial charge in [-0.1, -0.05) is 30.3 Å². The number of nitrogens with one attached hydrogen (secondary N) is 1. The van der Waals surface area contributed by atoms with Gasteiger partial charge in [0.15, 0.2) is 5.65 Å². The Balaban J connectivity index is 2.31. The molecule has 4 nitrogen and oxygen atoms in total. The molecule has 0 amide bonds. The first-order chi connectivity index (χ1) is 7.84. The summed E-state index contributed by atoms with van der Waals surface area (Å²) in [6, 6.07) is 10.0. The minimum Gasteiger partial charge on any atom is -0.339 e. The topological polar surface area (TPSA) is 54.5 Å². The molecule has 2 aromatic heterocycles. The number of aromatic nitrogens is 4. The quantitative estimate of drug-likeness (QED) is 0.670. The average Bonchev–Trinajstić information content (AvgIpc) is 2.70. The van der Waals surface area contributed by atoms with Crippen LogP contribution in [0.2, 0.25) is 0 Å². The second-order valence-corrected chi connectivity index (χ2v) is 3.61. The number of hydrogen-bond acceptors (Lipinski definition) is 3. The largest absolute Gasteiger partial charge is 0.339 e. The molecule has 0 unspecified atom stereocenters. The van der Waals surface area contributed by atoms with Crippen LogP contribution in [0.25, 0.3) is 22.4 Å². The van der Waals surface area contributed by atoms with Gasteiger partial charge in [0.1, 0.15) is 17.7 Å². The minimum absolute atomic E-state index is 0.714. The molecule has 4 heteroatoms. The fourth-order valence-electron chi connectivity index (χ4n) is 1.76. The number of aryl methyl sites for hydroxylation is 1. The van der Waals surface area contributed by atoms with Crippen LogP contribution in [0.1, 0.15) is 5.82 Å². The standard InChI is InChI=1S/C12H10N4/c1-8-15-11-10(9-5-3-2-4-6-9)13-7-14-12(11)16-8/h2-7H,1H3,(H,13,14,15,16). The summed E-state index contributed by atoms with van der Waals surface area (Å²) in [4.78, 5) is 15.9. The Bertz CT molecular complexity index is 628. The lowest BCUT2D eigenvalue weighted by molar-refractivity contribution is 1.16. The Morgan fingerprint density at radius 1 is 1.06 bits per heavy atom. The second kappa shape index (κ2) is 3.41. The lowest BCUT2D eigenvalue weighted by atomic mass is 10.1. The molecular weight excluding hydrogens is 200 g/mol. The van der Waals surface area contributed by atoms with E-state index in [4.69, 9.17) is 0 Å². The molecule has 0 saturated carbocycles. The third-order valence-electron chi connectivity index (χ3n) is 2.45. The summed E-state index contributed by atoms with van der Waals surface area (Å²) >= 11 is 0. The maximum Gasteiger partial charge on any atom is 0.181 e. The van der Waals surface area contributed by atoms with E-state index in [9.17, 15) is 0 Å². The van der Waals surface area contributed by atoms with Gasteiger partial charge in [0.25, 0.3) is 0 Å². The predicted molar refractivity (Wildman–Crippen MR) is 61.9 cm³/mol. The zero-order chi connectivity index (χ0) is 11.0. The van der Waals surface area contributed by atoms with Crippen molar-refractivity contribution >= 4 is 11.2 Å². The van der Waals surface area contributed by atoms with Crippen LogP contribution < -0.4 is 0 Å². The maximum absolute atomic E-state index is 4.31. The van der Waals surface area contributed by atoms with Gasteiger partial charge in [-0.15, -0.1) is 0 Å². The van der Waals surface area contributed by atoms with Crippen LogP contribution >= 0.6 is 0 Å². The van der Waals surface area contributed by atoms with Gasteiger partial charge in [0.05, 0.1) is 5.69 Å². The molecule has 1 aromatic carbocycles. The SMILES string of the molecule is Cc1nc2ncnc(-c3ccccc3)c2[nH]1. The van der Waals surface area contributed by atoms with Crippen molar-refractivity contribution in [1.82, 2.24) is 19.9 Å². The molecule has 78 valence electrons. The highest BCUT2D eigenvalue weighted by atomic mass is 15.0. The molecule has 0 aliphatic heterocycles. The highest BCUT2D eigenvalue weighted by molar-refractivity contribution is 5.86. The molecule has 0 aliphatic rings. The number of rotatable bonds is 1. The number of H-pyrrole nitrogens is 1. The van der Waals surface area contributed by atoms with E-state index in [1.807, 2.05) is 37.3 Å². The highest BCUT2D eigenvalue weighted by Gasteiger charge is 2.08. The fraction of sp³-hybridized carbons (Fsp3) is 0.0833. The van der Waals surface area contributed by atoms with Crippen molar-refractivity contribution in [2.24, 2.45) is 0 Å². The van der Waals surface area contributed by atoms with Gasteiger partial charge >= 0.3 is 0 Å². The molecule has 0 radical (unpaired) electrons. The van der Waals surface area contributed by atoms with Gasteiger partial charge in [-0.3, -0.25) is 0 Å². The van der Waals surface area contributed by atoms with Crippen molar-refractivity contribution in [3.05, 3.63) is 42.5 Å². The molecule has 16 heavy (non-hydrogen) atoms. The normalized spacial score (nSPS) is 10.8. The fourth-order valence-corrected chi connectivity index (χ4v) is 1.76. The second-order valence-electron chi connectivity index (χ2n) is 3.61. The lowest BCUT2D eigenvalue weighted by Gasteiger charge is -2.00. The summed E-state index contributed by atoms with van der Waals surface area (Å²) < 4.78 is 0. The number of fused-ring (bicyclic) bond motifs is 1. The average molecular weight is 210 g/mol. The maximum atomic E-state index is 4.31. The minimum atomic E-state index is 0.714. The molecule has 0 fully saturated rings. The van der Waals surface area contributed by atoms with Crippen LogP contribution in [0.15, 0.2) is 36.7 Å².